The Kier molecular flexibility index (Phi) is 4.81. The maximum absolute atomic E-state index is 13.5. The molecule has 1 heterocycles. The van der Waals surface area contributed by atoms with Gasteiger partial charge in [0.05, 0.1) is 5.02 Å². The lowest BCUT2D eigenvalue weighted by Gasteiger charge is -2.28. The number of nitrogens with zero attached hydrogens (tertiary/aromatic N) is 2. The maximum atomic E-state index is 13.5. The zero-order valence-electron chi connectivity index (χ0n) is 12.9. The van der Waals surface area contributed by atoms with Gasteiger partial charge in [-0.15, -0.1) is 0 Å². The highest BCUT2D eigenvalue weighted by molar-refractivity contribution is 6.31. The fraction of sp³-hybridized carbons (Fsp3) is 0.222. The Labute approximate surface area is 144 Å². The van der Waals surface area contributed by atoms with Crippen molar-refractivity contribution in [3.8, 4) is 0 Å². The highest BCUT2D eigenvalue weighted by atomic mass is 35.5. The van der Waals surface area contributed by atoms with E-state index in [-0.39, 0.29) is 23.5 Å². The van der Waals surface area contributed by atoms with E-state index in [1.807, 2.05) is 6.07 Å². The number of hydrogen-bond acceptors (Lipinski definition) is 2. The van der Waals surface area contributed by atoms with Gasteiger partial charge in [-0.25, -0.2) is 4.39 Å². The van der Waals surface area contributed by atoms with Gasteiger partial charge in [0.1, 0.15) is 12.5 Å². The van der Waals surface area contributed by atoms with Crippen molar-refractivity contribution in [3.05, 3.63) is 64.9 Å². The molecule has 4 nitrogen and oxygen atoms in total. The van der Waals surface area contributed by atoms with Crippen LogP contribution in [0.1, 0.15) is 23.2 Å². The van der Waals surface area contributed by atoms with Crippen LogP contribution in [-0.4, -0.2) is 29.9 Å². The number of carbonyl (C=O) groups excluding carboxylic acids is 2. The van der Waals surface area contributed by atoms with E-state index in [4.69, 9.17) is 11.6 Å². The van der Waals surface area contributed by atoms with E-state index in [0.29, 0.717) is 24.2 Å². The highest BCUT2D eigenvalue weighted by Crippen LogP contribution is 2.25. The predicted octanol–water partition coefficient (Wildman–Crippen LogP) is 3.71. The molecular formula is C18H16ClFN2O2. The number of carbonyl (C=O) groups is 2. The molecule has 1 fully saturated rings. The molecule has 2 aromatic rings. The molecule has 0 spiro atoms. The fourth-order valence-corrected chi connectivity index (χ4v) is 2.85. The fourth-order valence-electron chi connectivity index (χ4n) is 2.68. The molecule has 1 aliphatic rings. The minimum atomic E-state index is -0.551. The van der Waals surface area contributed by atoms with Gasteiger partial charge < -0.3 is 4.90 Å². The van der Waals surface area contributed by atoms with Crippen LogP contribution in [-0.2, 0) is 4.79 Å². The number of benzene rings is 2. The minimum Gasteiger partial charge on any atom is -0.324 e. The van der Waals surface area contributed by atoms with Gasteiger partial charge in [0.25, 0.3) is 5.91 Å². The average Bonchev–Trinajstić information content (AvgIpc) is 3.00. The molecule has 1 aliphatic heterocycles. The van der Waals surface area contributed by atoms with Crippen molar-refractivity contribution in [2.75, 3.05) is 18.1 Å². The summed E-state index contributed by atoms with van der Waals surface area (Å²) in [7, 11) is 0. The predicted molar refractivity (Wildman–Crippen MR) is 90.5 cm³/mol. The molecular weight excluding hydrogens is 331 g/mol. The Morgan fingerprint density at radius 3 is 2.58 bits per heavy atom. The molecule has 2 amide bonds. The van der Waals surface area contributed by atoms with E-state index >= 15 is 0 Å². The Bertz CT molecular complexity index is 767. The number of rotatable bonds is 4. The molecule has 0 saturated carbocycles. The van der Waals surface area contributed by atoms with Crippen LogP contribution in [0.5, 0.6) is 0 Å². The van der Waals surface area contributed by atoms with Crippen LogP contribution in [0.15, 0.2) is 48.5 Å². The number of amides is 2. The van der Waals surface area contributed by atoms with Crippen LogP contribution >= 0.6 is 11.6 Å². The normalized spacial score (nSPS) is 14.1. The lowest BCUT2D eigenvalue weighted by molar-refractivity contribution is -0.127. The summed E-state index contributed by atoms with van der Waals surface area (Å²) in [5, 5.41) is -0.0638. The van der Waals surface area contributed by atoms with Crippen molar-refractivity contribution >= 4 is 29.1 Å². The third kappa shape index (κ3) is 3.41. The van der Waals surface area contributed by atoms with Crippen LogP contribution in [0.3, 0.4) is 0 Å². The largest absolute Gasteiger partial charge is 0.324 e. The number of likely N-dealkylation sites (tertiary alicyclic amines) is 1. The molecule has 0 aromatic heterocycles. The number of halogens is 2. The van der Waals surface area contributed by atoms with Gasteiger partial charge in [-0.2, -0.15) is 0 Å². The molecule has 2 aromatic carbocycles. The van der Waals surface area contributed by atoms with Crippen molar-refractivity contribution in [2.45, 2.75) is 12.8 Å². The minimum absolute atomic E-state index is 0.00840. The van der Waals surface area contributed by atoms with E-state index < -0.39 is 5.82 Å². The highest BCUT2D eigenvalue weighted by Gasteiger charge is 2.26. The van der Waals surface area contributed by atoms with Crippen LogP contribution in [0, 0.1) is 5.82 Å². The molecule has 1 saturated heterocycles. The molecule has 0 atom stereocenters. The first kappa shape index (κ1) is 16.5. The topological polar surface area (TPSA) is 40.6 Å². The van der Waals surface area contributed by atoms with Crippen molar-refractivity contribution in [2.24, 2.45) is 0 Å². The lowest BCUT2D eigenvalue weighted by atomic mass is 10.2. The lowest BCUT2D eigenvalue weighted by Crippen LogP contribution is -2.42. The average molecular weight is 347 g/mol. The zero-order valence-corrected chi connectivity index (χ0v) is 13.7. The molecule has 0 unspecified atom stereocenters. The van der Waals surface area contributed by atoms with Gasteiger partial charge in [0, 0.05) is 24.2 Å². The van der Waals surface area contributed by atoms with Gasteiger partial charge >= 0.3 is 0 Å². The molecule has 124 valence electrons. The second kappa shape index (κ2) is 7.01. The third-order valence-electron chi connectivity index (χ3n) is 3.96. The number of anilines is 1. The van der Waals surface area contributed by atoms with E-state index in [2.05, 4.69) is 0 Å². The Morgan fingerprint density at radius 2 is 1.96 bits per heavy atom. The first-order valence-corrected chi connectivity index (χ1v) is 8.04. The summed E-state index contributed by atoms with van der Waals surface area (Å²) in [6.45, 7) is 0.723. The Morgan fingerprint density at radius 1 is 1.21 bits per heavy atom. The van der Waals surface area contributed by atoms with E-state index in [1.165, 1.54) is 23.1 Å². The molecule has 0 bridgehead atoms. The second-order valence-electron chi connectivity index (χ2n) is 5.60. The van der Waals surface area contributed by atoms with Crippen molar-refractivity contribution in [1.82, 2.24) is 4.90 Å². The first-order chi connectivity index (χ1) is 11.6. The summed E-state index contributed by atoms with van der Waals surface area (Å²) in [6.07, 6.45) is 1.26. The van der Waals surface area contributed by atoms with Crippen molar-refractivity contribution in [3.63, 3.8) is 0 Å². The number of hydrogen-bond donors (Lipinski definition) is 0. The van der Waals surface area contributed by atoms with Gasteiger partial charge in [0.15, 0.2) is 0 Å². The van der Waals surface area contributed by atoms with E-state index in [0.717, 1.165) is 6.42 Å². The molecule has 6 heteroatoms. The van der Waals surface area contributed by atoms with Gasteiger partial charge in [-0.1, -0.05) is 29.8 Å². The molecule has 0 N–H and O–H groups in total. The smallest absolute Gasteiger partial charge is 0.259 e. The summed E-state index contributed by atoms with van der Waals surface area (Å²) in [4.78, 5) is 27.9. The Hall–Kier alpha value is -2.40. The summed E-state index contributed by atoms with van der Waals surface area (Å²) < 4.78 is 13.5. The van der Waals surface area contributed by atoms with Gasteiger partial charge in [-0.05, 0) is 36.8 Å². The maximum Gasteiger partial charge on any atom is 0.259 e. The SMILES string of the molecule is O=C1CCCN1CN(C(=O)c1ccccc1)c1ccc(F)c(Cl)c1. The van der Waals surface area contributed by atoms with Gasteiger partial charge in [-0.3, -0.25) is 14.5 Å². The van der Waals surface area contributed by atoms with Crippen LogP contribution in [0.4, 0.5) is 10.1 Å². The molecule has 0 aliphatic carbocycles. The third-order valence-corrected chi connectivity index (χ3v) is 4.25. The monoisotopic (exact) mass is 346 g/mol. The summed E-state index contributed by atoms with van der Waals surface area (Å²) >= 11 is 5.86. The van der Waals surface area contributed by atoms with Crippen molar-refractivity contribution in [1.29, 1.82) is 0 Å². The second-order valence-corrected chi connectivity index (χ2v) is 6.01. The van der Waals surface area contributed by atoms with Crippen molar-refractivity contribution < 1.29 is 14.0 Å². The van der Waals surface area contributed by atoms with E-state index in [9.17, 15) is 14.0 Å². The summed E-state index contributed by atoms with van der Waals surface area (Å²) in [6, 6.07) is 12.9. The first-order valence-electron chi connectivity index (χ1n) is 7.66. The van der Waals surface area contributed by atoms with E-state index in [1.54, 1.807) is 29.2 Å². The zero-order chi connectivity index (χ0) is 17.1. The summed E-state index contributed by atoms with van der Waals surface area (Å²) in [5.74, 6) is -0.808. The van der Waals surface area contributed by atoms with Gasteiger partial charge in [0.2, 0.25) is 5.91 Å². The molecule has 24 heavy (non-hydrogen) atoms. The molecule has 3 rings (SSSR count). The van der Waals surface area contributed by atoms with Crippen LogP contribution < -0.4 is 4.90 Å². The standard InChI is InChI=1S/C18H16ClFN2O2/c19-15-11-14(8-9-16(15)20)22(12-21-10-4-7-17(21)23)18(24)13-5-2-1-3-6-13/h1-3,5-6,8-9,11H,4,7,10,12H2. The van der Waals surface area contributed by atoms with Crippen LogP contribution in [0.2, 0.25) is 5.02 Å². The van der Waals surface area contributed by atoms with Crippen LogP contribution in [0.25, 0.3) is 0 Å². The quantitative estimate of drug-likeness (QED) is 0.846. The Balaban J connectivity index is 1.95. The summed E-state index contributed by atoms with van der Waals surface area (Å²) in [5.41, 5.74) is 0.944. The molecule has 0 radical (unpaired) electrons.